The van der Waals surface area contributed by atoms with Crippen LogP contribution in [0.15, 0.2) is 30.3 Å². The zero-order valence-electron chi connectivity index (χ0n) is 13.4. The van der Waals surface area contributed by atoms with Gasteiger partial charge in [-0.25, -0.2) is 0 Å². The van der Waals surface area contributed by atoms with E-state index < -0.39 is 6.04 Å². The largest absolute Gasteiger partial charge is 0.354 e. The Morgan fingerprint density at radius 3 is 2.55 bits per heavy atom. The smallest absolute Gasteiger partial charge is 0.251 e. The van der Waals surface area contributed by atoms with E-state index in [0.29, 0.717) is 18.5 Å². The molecule has 0 aliphatic heterocycles. The first-order valence-corrected chi connectivity index (χ1v) is 9.21. The Morgan fingerprint density at radius 1 is 1.18 bits per heavy atom. The first-order valence-electron chi connectivity index (χ1n) is 7.81. The zero-order chi connectivity index (χ0) is 16.2. The van der Waals surface area contributed by atoms with E-state index in [0.717, 1.165) is 25.0 Å². The van der Waals surface area contributed by atoms with Crippen molar-refractivity contribution in [1.82, 2.24) is 10.6 Å². The molecule has 0 spiro atoms. The van der Waals surface area contributed by atoms with E-state index in [2.05, 4.69) is 17.6 Å². The lowest BCUT2D eigenvalue weighted by Crippen LogP contribution is -2.47. The van der Waals surface area contributed by atoms with Gasteiger partial charge in [0.2, 0.25) is 5.91 Å². The number of carbonyl (C=O) groups is 2. The summed E-state index contributed by atoms with van der Waals surface area (Å²) in [7, 11) is 0. The van der Waals surface area contributed by atoms with Gasteiger partial charge in [-0.1, -0.05) is 38.0 Å². The maximum atomic E-state index is 12.2. The fraction of sp³-hybridized carbons (Fsp3) is 0.529. The first kappa shape index (κ1) is 18.6. The van der Waals surface area contributed by atoms with Crippen molar-refractivity contribution in [2.45, 2.75) is 38.6 Å². The SMILES string of the molecule is CCCCCNC(=O)C(CCSC)NC(=O)c1ccccc1. The van der Waals surface area contributed by atoms with Crippen molar-refractivity contribution >= 4 is 23.6 Å². The average Bonchev–Trinajstić information content (AvgIpc) is 2.55. The van der Waals surface area contributed by atoms with Crippen molar-refractivity contribution in [3.8, 4) is 0 Å². The Morgan fingerprint density at radius 2 is 1.91 bits per heavy atom. The molecule has 122 valence electrons. The molecule has 2 N–H and O–H groups in total. The van der Waals surface area contributed by atoms with Crippen LogP contribution in [0.25, 0.3) is 0 Å². The summed E-state index contributed by atoms with van der Waals surface area (Å²) in [6.07, 6.45) is 5.83. The number of hydrogen-bond acceptors (Lipinski definition) is 3. The average molecular weight is 322 g/mol. The van der Waals surface area contributed by atoms with Gasteiger partial charge >= 0.3 is 0 Å². The Hall–Kier alpha value is -1.49. The first-order chi connectivity index (χ1) is 10.7. The van der Waals surface area contributed by atoms with Crippen molar-refractivity contribution in [3.63, 3.8) is 0 Å². The molecule has 4 nitrogen and oxygen atoms in total. The minimum Gasteiger partial charge on any atom is -0.354 e. The normalized spacial score (nSPS) is 11.7. The maximum absolute atomic E-state index is 12.2. The van der Waals surface area contributed by atoms with E-state index in [1.54, 1.807) is 23.9 Å². The summed E-state index contributed by atoms with van der Waals surface area (Å²) >= 11 is 1.67. The standard InChI is InChI=1S/C17H26N2O2S/c1-3-4-8-12-18-17(21)15(11-13-22-2)19-16(20)14-9-6-5-7-10-14/h5-7,9-10,15H,3-4,8,11-13H2,1-2H3,(H,18,21)(H,19,20). The minimum atomic E-state index is -0.471. The van der Waals surface area contributed by atoms with Crippen LogP contribution in [0.3, 0.4) is 0 Å². The van der Waals surface area contributed by atoms with Gasteiger partial charge in [-0.3, -0.25) is 9.59 Å². The molecule has 1 aromatic rings. The highest BCUT2D eigenvalue weighted by atomic mass is 32.2. The van der Waals surface area contributed by atoms with Crippen molar-refractivity contribution in [2.24, 2.45) is 0 Å². The molecule has 0 fully saturated rings. The van der Waals surface area contributed by atoms with E-state index in [9.17, 15) is 9.59 Å². The van der Waals surface area contributed by atoms with Gasteiger partial charge in [0.25, 0.3) is 5.91 Å². The Balaban J connectivity index is 2.55. The summed E-state index contributed by atoms with van der Waals surface area (Å²) in [5, 5.41) is 5.76. The lowest BCUT2D eigenvalue weighted by atomic mass is 10.1. The quantitative estimate of drug-likeness (QED) is 0.651. The Bertz CT molecular complexity index is 451. The molecule has 2 amide bonds. The number of hydrogen-bond donors (Lipinski definition) is 2. The Kier molecular flexibility index (Phi) is 9.39. The number of rotatable bonds is 10. The molecule has 1 unspecified atom stereocenters. The number of thioether (sulfide) groups is 1. The molecule has 5 heteroatoms. The molecule has 1 aromatic carbocycles. The van der Waals surface area contributed by atoms with Gasteiger partial charge in [0, 0.05) is 12.1 Å². The lowest BCUT2D eigenvalue weighted by molar-refractivity contribution is -0.123. The van der Waals surface area contributed by atoms with Crippen molar-refractivity contribution in [1.29, 1.82) is 0 Å². The highest BCUT2D eigenvalue weighted by molar-refractivity contribution is 7.98. The van der Waals surface area contributed by atoms with Crippen LogP contribution in [0.1, 0.15) is 43.0 Å². The van der Waals surface area contributed by atoms with Gasteiger partial charge in [-0.2, -0.15) is 11.8 Å². The van der Waals surface area contributed by atoms with Gasteiger partial charge in [0.05, 0.1) is 0 Å². The topological polar surface area (TPSA) is 58.2 Å². The van der Waals surface area contributed by atoms with Gasteiger partial charge in [0.15, 0.2) is 0 Å². The van der Waals surface area contributed by atoms with Gasteiger partial charge in [-0.05, 0) is 37.0 Å². The van der Waals surface area contributed by atoms with Crippen LogP contribution in [0, 0.1) is 0 Å². The summed E-state index contributed by atoms with van der Waals surface area (Å²) < 4.78 is 0. The molecular formula is C17H26N2O2S. The van der Waals surface area contributed by atoms with Crippen LogP contribution in [0.2, 0.25) is 0 Å². The second kappa shape index (κ2) is 11.1. The van der Waals surface area contributed by atoms with Gasteiger partial charge in [0.1, 0.15) is 6.04 Å². The van der Waals surface area contributed by atoms with Crippen LogP contribution in [-0.2, 0) is 4.79 Å². The predicted molar refractivity (Wildman–Crippen MR) is 93.2 cm³/mol. The molecule has 0 aromatic heterocycles. The molecule has 1 atom stereocenters. The van der Waals surface area contributed by atoms with Crippen LogP contribution < -0.4 is 10.6 Å². The zero-order valence-corrected chi connectivity index (χ0v) is 14.2. The molecule has 0 aliphatic carbocycles. The van der Waals surface area contributed by atoms with Crippen LogP contribution in [-0.4, -0.2) is 36.4 Å². The van der Waals surface area contributed by atoms with Crippen LogP contribution in [0.4, 0.5) is 0 Å². The second-order valence-corrected chi connectivity index (χ2v) is 6.16. The molecule has 0 saturated heterocycles. The second-order valence-electron chi connectivity index (χ2n) is 5.17. The van der Waals surface area contributed by atoms with E-state index in [1.807, 2.05) is 24.5 Å². The third kappa shape index (κ3) is 6.98. The minimum absolute atomic E-state index is 0.0885. The fourth-order valence-corrected chi connectivity index (χ4v) is 2.52. The van der Waals surface area contributed by atoms with Crippen molar-refractivity contribution in [3.05, 3.63) is 35.9 Å². The summed E-state index contributed by atoms with van der Waals surface area (Å²) in [4.78, 5) is 24.4. The van der Waals surface area contributed by atoms with Crippen molar-refractivity contribution in [2.75, 3.05) is 18.6 Å². The summed E-state index contributed by atoms with van der Waals surface area (Å²) in [6.45, 7) is 2.80. The summed E-state index contributed by atoms with van der Waals surface area (Å²) in [6, 6.07) is 8.53. The highest BCUT2D eigenvalue weighted by Crippen LogP contribution is 2.04. The molecular weight excluding hydrogens is 296 g/mol. The third-order valence-corrected chi connectivity index (χ3v) is 3.99. The summed E-state index contributed by atoms with van der Waals surface area (Å²) in [5.41, 5.74) is 0.579. The molecule has 0 radical (unpaired) electrons. The van der Waals surface area contributed by atoms with E-state index in [-0.39, 0.29) is 11.8 Å². The number of nitrogens with one attached hydrogen (secondary N) is 2. The third-order valence-electron chi connectivity index (χ3n) is 3.35. The van der Waals surface area contributed by atoms with E-state index in [4.69, 9.17) is 0 Å². The van der Waals surface area contributed by atoms with E-state index in [1.165, 1.54) is 0 Å². The monoisotopic (exact) mass is 322 g/mol. The molecule has 0 aliphatic rings. The van der Waals surface area contributed by atoms with E-state index >= 15 is 0 Å². The predicted octanol–water partition coefficient (Wildman–Crippen LogP) is 2.84. The highest BCUT2D eigenvalue weighted by Gasteiger charge is 2.20. The van der Waals surface area contributed by atoms with Crippen molar-refractivity contribution < 1.29 is 9.59 Å². The number of benzene rings is 1. The van der Waals surface area contributed by atoms with Crippen LogP contribution >= 0.6 is 11.8 Å². The molecule has 1 rings (SSSR count). The summed E-state index contributed by atoms with van der Waals surface area (Å²) in [5.74, 6) is 0.548. The lowest BCUT2D eigenvalue weighted by Gasteiger charge is -2.18. The molecule has 22 heavy (non-hydrogen) atoms. The molecule has 0 saturated carbocycles. The number of carbonyl (C=O) groups excluding carboxylic acids is 2. The number of amides is 2. The van der Waals surface area contributed by atoms with Gasteiger partial charge in [-0.15, -0.1) is 0 Å². The fourth-order valence-electron chi connectivity index (χ4n) is 2.05. The van der Waals surface area contributed by atoms with Crippen LogP contribution in [0.5, 0.6) is 0 Å². The molecule has 0 heterocycles. The van der Waals surface area contributed by atoms with Gasteiger partial charge < -0.3 is 10.6 Å². The molecule has 0 bridgehead atoms. The number of unbranched alkanes of at least 4 members (excludes halogenated alkanes) is 2. The Labute approximate surface area is 137 Å². The maximum Gasteiger partial charge on any atom is 0.251 e.